The van der Waals surface area contributed by atoms with Crippen molar-refractivity contribution in [2.45, 2.75) is 6.18 Å². The zero-order chi connectivity index (χ0) is 22.5. The van der Waals surface area contributed by atoms with Gasteiger partial charge in [-0.15, -0.1) is 0 Å². The predicted molar refractivity (Wildman–Crippen MR) is 107 cm³/mol. The summed E-state index contributed by atoms with van der Waals surface area (Å²) in [4.78, 5) is 16.9. The zero-order valence-corrected chi connectivity index (χ0v) is 17.0. The Morgan fingerprint density at radius 2 is 1.84 bits per heavy atom. The molecule has 2 aromatic heterocycles. The summed E-state index contributed by atoms with van der Waals surface area (Å²) in [7, 11) is 1.36. The van der Waals surface area contributed by atoms with E-state index < -0.39 is 17.6 Å². The van der Waals surface area contributed by atoms with Gasteiger partial charge in [0.1, 0.15) is 10.9 Å². The van der Waals surface area contributed by atoms with Gasteiger partial charge in [0.2, 0.25) is 0 Å². The number of alkyl halides is 3. The second kappa shape index (κ2) is 7.51. The highest BCUT2D eigenvalue weighted by atomic mass is 35.5. The number of carbonyl (C=O) groups excluding carboxylic acids is 1. The van der Waals surface area contributed by atoms with Gasteiger partial charge in [-0.2, -0.15) is 17.9 Å². The van der Waals surface area contributed by atoms with Crippen molar-refractivity contribution in [3.63, 3.8) is 0 Å². The van der Waals surface area contributed by atoms with Crippen LogP contribution in [-0.4, -0.2) is 23.0 Å². The Labute approximate surface area is 181 Å². The highest BCUT2D eigenvalue weighted by Gasteiger charge is 2.31. The average molecular weight is 471 g/mol. The number of hydrogen-bond acceptors (Lipinski definition) is 4. The Morgan fingerprint density at radius 3 is 2.45 bits per heavy atom. The van der Waals surface area contributed by atoms with Crippen molar-refractivity contribution in [3.05, 3.63) is 69.3 Å². The maximum atomic E-state index is 13.2. The molecule has 0 radical (unpaired) electrons. The van der Waals surface area contributed by atoms with Gasteiger partial charge in [-0.1, -0.05) is 23.2 Å². The van der Waals surface area contributed by atoms with Gasteiger partial charge in [0.25, 0.3) is 5.91 Å². The smallest absolute Gasteiger partial charge is 0.416 e. The van der Waals surface area contributed by atoms with Crippen molar-refractivity contribution in [1.82, 2.24) is 4.73 Å². The fraction of sp³-hybridized carbons (Fsp3) is 0.100. The van der Waals surface area contributed by atoms with Crippen LogP contribution in [0.3, 0.4) is 0 Å². The Bertz CT molecular complexity index is 1400. The molecule has 0 unspecified atom stereocenters. The number of methoxy groups -OCH3 is 1. The van der Waals surface area contributed by atoms with Crippen LogP contribution < -0.4 is 10.1 Å². The largest absolute Gasteiger partial charge is 0.493 e. The number of furan rings is 1. The number of rotatable bonds is 2. The molecule has 0 spiro atoms. The van der Waals surface area contributed by atoms with Gasteiger partial charge in [-0.25, -0.2) is 4.99 Å². The van der Waals surface area contributed by atoms with E-state index in [0.29, 0.717) is 4.73 Å². The first-order valence-electron chi connectivity index (χ1n) is 8.56. The molecule has 0 bridgehead atoms. The van der Waals surface area contributed by atoms with Gasteiger partial charge in [-0.3, -0.25) is 4.79 Å². The summed E-state index contributed by atoms with van der Waals surface area (Å²) >= 11 is 12.0. The van der Waals surface area contributed by atoms with Crippen molar-refractivity contribution in [2.75, 3.05) is 7.11 Å². The van der Waals surface area contributed by atoms with E-state index in [4.69, 9.17) is 32.4 Å². The lowest BCUT2D eigenvalue weighted by molar-refractivity contribution is -0.137. The third kappa shape index (κ3) is 3.70. The van der Waals surface area contributed by atoms with Crippen LogP contribution in [0.25, 0.3) is 21.9 Å². The number of carbonyl (C=O) groups is 1. The molecular weight excluding hydrogens is 460 g/mol. The maximum Gasteiger partial charge on any atom is 0.416 e. The molecule has 1 N–H and O–H groups in total. The van der Waals surface area contributed by atoms with E-state index in [1.54, 1.807) is 0 Å². The van der Waals surface area contributed by atoms with Crippen LogP contribution in [0.1, 0.15) is 15.9 Å². The SMILES string of the molecule is COc1ccc(C(=O)N=c2c(Cl)cn(O)cc2Cl)c2c1oc1ccc(C(F)(F)F)cc12. The van der Waals surface area contributed by atoms with E-state index in [-0.39, 0.29) is 48.7 Å². The van der Waals surface area contributed by atoms with Gasteiger partial charge in [0.15, 0.2) is 11.3 Å². The zero-order valence-electron chi connectivity index (χ0n) is 15.5. The molecule has 0 saturated heterocycles. The van der Waals surface area contributed by atoms with Gasteiger partial charge < -0.3 is 14.4 Å². The summed E-state index contributed by atoms with van der Waals surface area (Å²) in [6, 6.07) is 5.76. The molecular formula is C20H11Cl2F3N2O4. The first kappa shape index (κ1) is 21.1. The number of aromatic nitrogens is 1. The normalized spacial score (nSPS) is 11.8. The fourth-order valence-corrected chi connectivity index (χ4v) is 3.68. The number of hydrogen-bond donors (Lipinski definition) is 1. The Kier molecular flexibility index (Phi) is 5.10. The highest BCUT2D eigenvalue weighted by Crippen LogP contribution is 2.40. The Hall–Kier alpha value is -3.17. The maximum absolute atomic E-state index is 13.2. The first-order valence-corrected chi connectivity index (χ1v) is 9.32. The monoisotopic (exact) mass is 470 g/mol. The molecule has 2 heterocycles. The minimum absolute atomic E-state index is 0.0401. The number of amides is 1. The lowest BCUT2D eigenvalue weighted by Gasteiger charge is -2.06. The van der Waals surface area contributed by atoms with Crippen LogP contribution in [0.15, 0.2) is 52.1 Å². The number of halogens is 5. The molecule has 31 heavy (non-hydrogen) atoms. The van der Waals surface area contributed by atoms with Crippen molar-refractivity contribution in [1.29, 1.82) is 0 Å². The number of ether oxygens (including phenoxy) is 1. The number of nitrogens with zero attached hydrogens (tertiary/aromatic N) is 2. The van der Waals surface area contributed by atoms with E-state index in [1.807, 2.05) is 0 Å². The molecule has 0 saturated carbocycles. The second-order valence-corrected chi connectivity index (χ2v) is 7.24. The van der Waals surface area contributed by atoms with Crippen molar-refractivity contribution >= 4 is 51.0 Å². The average Bonchev–Trinajstić information content (AvgIpc) is 3.08. The molecule has 11 heteroatoms. The Balaban J connectivity index is 2.02. The molecule has 160 valence electrons. The van der Waals surface area contributed by atoms with Crippen LogP contribution in [-0.2, 0) is 6.18 Å². The van der Waals surface area contributed by atoms with E-state index in [9.17, 15) is 23.2 Å². The summed E-state index contributed by atoms with van der Waals surface area (Å²) in [5, 5.41) is 9.31. The van der Waals surface area contributed by atoms with Crippen LogP contribution in [0.2, 0.25) is 10.0 Å². The summed E-state index contributed by atoms with van der Waals surface area (Å²) in [6.07, 6.45) is -2.44. The molecule has 0 fully saturated rings. The van der Waals surface area contributed by atoms with Gasteiger partial charge in [0, 0.05) is 10.8 Å². The molecule has 1 amide bonds. The summed E-state index contributed by atoms with van der Waals surface area (Å²) in [5.74, 6) is -0.597. The number of fused-ring (bicyclic) bond motifs is 3. The van der Waals surface area contributed by atoms with E-state index in [2.05, 4.69) is 4.99 Å². The van der Waals surface area contributed by atoms with E-state index in [0.717, 1.165) is 24.5 Å². The van der Waals surface area contributed by atoms with Gasteiger partial charge in [0.05, 0.1) is 40.7 Å². The van der Waals surface area contributed by atoms with E-state index >= 15 is 0 Å². The lowest BCUT2D eigenvalue weighted by atomic mass is 10.0. The fourth-order valence-electron chi connectivity index (χ4n) is 3.15. The van der Waals surface area contributed by atoms with Crippen LogP contribution in [0.5, 0.6) is 5.75 Å². The standard InChI is InChI=1S/C20H11Cl2F3N2O4/c1-30-15-5-3-10(19(28)26-17-12(21)7-27(29)8-13(17)22)16-11-6-9(20(23,24)25)2-4-14(11)31-18(15)16/h2-8,29H,1H3. The molecule has 0 aliphatic heterocycles. The molecule has 2 aromatic carbocycles. The third-order valence-electron chi connectivity index (χ3n) is 4.52. The van der Waals surface area contributed by atoms with Crippen LogP contribution >= 0.6 is 23.2 Å². The van der Waals surface area contributed by atoms with Gasteiger partial charge in [-0.05, 0) is 30.3 Å². The summed E-state index contributed by atoms with van der Waals surface area (Å²) < 4.78 is 51.2. The van der Waals surface area contributed by atoms with Gasteiger partial charge >= 0.3 is 6.18 Å². The Morgan fingerprint density at radius 1 is 1.16 bits per heavy atom. The quantitative estimate of drug-likeness (QED) is 0.381. The molecule has 4 aromatic rings. The number of benzene rings is 2. The summed E-state index contributed by atoms with van der Waals surface area (Å²) in [5.41, 5.74) is -0.709. The predicted octanol–water partition coefficient (Wildman–Crippen LogP) is 5.70. The topological polar surface area (TPSA) is 77.0 Å². The molecule has 6 nitrogen and oxygen atoms in total. The first-order chi connectivity index (χ1) is 14.6. The van der Waals surface area contributed by atoms with Crippen molar-refractivity contribution < 1.29 is 32.3 Å². The second-order valence-electron chi connectivity index (χ2n) is 6.43. The highest BCUT2D eigenvalue weighted by molar-refractivity contribution is 6.34. The van der Waals surface area contributed by atoms with Crippen LogP contribution in [0, 0.1) is 0 Å². The minimum Gasteiger partial charge on any atom is -0.493 e. The molecule has 4 rings (SSSR count). The minimum atomic E-state index is -4.59. The third-order valence-corrected chi connectivity index (χ3v) is 5.07. The lowest BCUT2D eigenvalue weighted by Crippen LogP contribution is -2.12. The summed E-state index contributed by atoms with van der Waals surface area (Å²) in [6.45, 7) is 0. The van der Waals surface area contributed by atoms with Crippen molar-refractivity contribution in [2.24, 2.45) is 4.99 Å². The van der Waals surface area contributed by atoms with Crippen LogP contribution in [0.4, 0.5) is 13.2 Å². The van der Waals surface area contributed by atoms with Crippen molar-refractivity contribution in [3.8, 4) is 5.75 Å². The molecule has 0 atom stereocenters. The molecule has 0 aliphatic carbocycles. The number of pyridine rings is 1. The van der Waals surface area contributed by atoms with E-state index in [1.165, 1.54) is 25.3 Å². The molecule has 0 aliphatic rings.